The quantitative estimate of drug-likeness (QED) is 0.236. The third kappa shape index (κ3) is 2.95. The fourth-order valence-corrected chi connectivity index (χ4v) is 2.59. The molecule has 1 saturated heterocycles. The summed E-state index contributed by atoms with van der Waals surface area (Å²) in [5.41, 5.74) is 3.21. The number of aliphatic hydroxyl groups excluding tert-OH is 3. The summed E-state index contributed by atoms with van der Waals surface area (Å²) in [4.78, 5) is 17.4. The summed E-state index contributed by atoms with van der Waals surface area (Å²) in [5, 5.41) is 29.1. The SMILES string of the molecule is C=CCONc1nc(Cl)nc2c1ncn2[C@@H]1O[C@H](CO)C(O)C1O. The lowest BCUT2D eigenvalue weighted by molar-refractivity contribution is -0.0511. The van der Waals surface area contributed by atoms with Gasteiger partial charge in [-0.3, -0.25) is 9.40 Å². The molecule has 3 heterocycles. The molecular formula is C13H16ClN5O5. The Morgan fingerprint density at radius 1 is 1.42 bits per heavy atom. The van der Waals surface area contributed by atoms with Crippen LogP contribution in [-0.2, 0) is 9.57 Å². The van der Waals surface area contributed by atoms with Crippen LogP contribution >= 0.6 is 11.6 Å². The van der Waals surface area contributed by atoms with Crippen LogP contribution in [0.2, 0.25) is 5.28 Å². The molecule has 11 heteroatoms. The average molecular weight is 358 g/mol. The van der Waals surface area contributed by atoms with Gasteiger partial charge in [-0.25, -0.2) is 10.5 Å². The van der Waals surface area contributed by atoms with Gasteiger partial charge in [0.05, 0.1) is 19.5 Å². The number of halogens is 1. The third-order valence-electron chi connectivity index (χ3n) is 3.56. The van der Waals surface area contributed by atoms with Crippen LogP contribution in [0.25, 0.3) is 11.2 Å². The van der Waals surface area contributed by atoms with Crippen molar-refractivity contribution in [1.29, 1.82) is 0 Å². The van der Waals surface area contributed by atoms with E-state index in [2.05, 4.69) is 27.0 Å². The second kappa shape index (κ2) is 6.97. The van der Waals surface area contributed by atoms with Gasteiger partial charge in [-0.15, -0.1) is 6.58 Å². The normalized spacial score (nSPS) is 26.8. The summed E-state index contributed by atoms with van der Waals surface area (Å²) < 4.78 is 6.88. The van der Waals surface area contributed by atoms with Crippen molar-refractivity contribution in [2.24, 2.45) is 0 Å². The van der Waals surface area contributed by atoms with Crippen LogP contribution in [0.5, 0.6) is 0 Å². The maximum atomic E-state index is 10.1. The van der Waals surface area contributed by atoms with Crippen molar-refractivity contribution in [2.75, 3.05) is 18.7 Å². The molecule has 4 atom stereocenters. The first-order chi connectivity index (χ1) is 11.6. The van der Waals surface area contributed by atoms with Crippen molar-refractivity contribution in [1.82, 2.24) is 19.5 Å². The molecule has 130 valence electrons. The fraction of sp³-hybridized carbons (Fsp3) is 0.462. The van der Waals surface area contributed by atoms with Crippen molar-refractivity contribution >= 4 is 28.6 Å². The molecule has 3 rings (SSSR count). The molecule has 0 amide bonds. The van der Waals surface area contributed by atoms with Crippen molar-refractivity contribution in [2.45, 2.75) is 24.5 Å². The van der Waals surface area contributed by atoms with Crippen molar-refractivity contribution in [3.8, 4) is 0 Å². The fourth-order valence-electron chi connectivity index (χ4n) is 2.43. The Hall–Kier alpha value is -1.82. The number of ether oxygens (including phenoxy) is 1. The lowest BCUT2D eigenvalue weighted by Crippen LogP contribution is -2.33. The van der Waals surface area contributed by atoms with E-state index in [-0.39, 0.29) is 23.4 Å². The molecule has 1 fully saturated rings. The molecule has 2 unspecified atom stereocenters. The van der Waals surface area contributed by atoms with Gasteiger partial charge in [0.2, 0.25) is 5.28 Å². The van der Waals surface area contributed by atoms with Crippen LogP contribution in [0.3, 0.4) is 0 Å². The molecule has 0 spiro atoms. The number of hydrogen-bond donors (Lipinski definition) is 4. The monoisotopic (exact) mass is 357 g/mol. The number of nitrogens with one attached hydrogen (secondary N) is 1. The second-order valence-corrected chi connectivity index (χ2v) is 5.43. The molecule has 0 saturated carbocycles. The van der Waals surface area contributed by atoms with Gasteiger partial charge in [0, 0.05) is 0 Å². The van der Waals surface area contributed by atoms with E-state index in [1.807, 2.05) is 0 Å². The van der Waals surface area contributed by atoms with E-state index in [1.54, 1.807) is 6.08 Å². The van der Waals surface area contributed by atoms with Gasteiger partial charge >= 0.3 is 0 Å². The first-order valence-corrected chi connectivity index (χ1v) is 7.45. The summed E-state index contributed by atoms with van der Waals surface area (Å²) in [6, 6.07) is 0. The largest absolute Gasteiger partial charge is 0.394 e. The van der Waals surface area contributed by atoms with Gasteiger partial charge in [-0.1, -0.05) is 6.08 Å². The second-order valence-electron chi connectivity index (χ2n) is 5.10. The number of aromatic nitrogens is 4. The van der Waals surface area contributed by atoms with Crippen LogP contribution in [-0.4, -0.2) is 66.4 Å². The number of hydrogen-bond acceptors (Lipinski definition) is 9. The van der Waals surface area contributed by atoms with Gasteiger partial charge in [0.15, 0.2) is 23.2 Å². The highest BCUT2D eigenvalue weighted by Crippen LogP contribution is 2.32. The highest BCUT2D eigenvalue weighted by Gasteiger charge is 2.44. The molecule has 0 bridgehead atoms. The average Bonchev–Trinajstić information content (AvgIpc) is 3.10. The maximum absolute atomic E-state index is 10.1. The first-order valence-electron chi connectivity index (χ1n) is 7.08. The van der Waals surface area contributed by atoms with Gasteiger partial charge in [0.25, 0.3) is 0 Å². The molecule has 0 radical (unpaired) electrons. The highest BCUT2D eigenvalue weighted by atomic mass is 35.5. The summed E-state index contributed by atoms with van der Waals surface area (Å²) in [6.07, 6.45) is -1.47. The Morgan fingerprint density at radius 2 is 2.21 bits per heavy atom. The Balaban J connectivity index is 1.97. The topological polar surface area (TPSA) is 135 Å². The van der Waals surface area contributed by atoms with Crippen LogP contribution in [0.15, 0.2) is 19.0 Å². The predicted octanol–water partition coefficient (Wildman–Crippen LogP) is -0.379. The summed E-state index contributed by atoms with van der Waals surface area (Å²) in [7, 11) is 0. The summed E-state index contributed by atoms with van der Waals surface area (Å²) in [5.74, 6) is 0.234. The van der Waals surface area contributed by atoms with Gasteiger partial charge in [0.1, 0.15) is 18.3 Å². The van der Waals surface area contributed by atoms with E-state index in [4.69, 9.17) is 21.2 Å². The zero-order valence-electron chi connectivity index (χ0n) is 12.4. The predicted molar refractivity (Wildman–Crippen MR) is 83.1 cm³/mol. The molecule has 2 aromatic rings. The minimum Gasteiger partial charge on any atom is -0.394 e. The molecule has 0 aliphatic carbocycles. The van der Waals surface area contributed by atoms with Crippen molar-refractivity contribution in [3.05, 3.63) is 24.3 Å². The van der Waals surface area contributed by atoms with Crippen LogP contribution in [0.1, 0.15) is 6.23 Å². The number of anilines is 1. The Bertz CT molecular complexity index is 741. The van der Waals surface area contributed by atoms with E-state index in [9.17, 15) is 15.3 Å². The zero-order valence-corrected chi connectivity index (χ0v) is 13.2. The standard InChI is InChI=1S/C13H16ClN5O5/c1-2-3-23-18-10-7-11(17-13(14)16-10)19(5-15-7)12-9(22)8(21)6(4-20)24-12/h2,5-6,8-9,12,20-22H,1,3-4H2,(H,16,17,18)/t6-,8?,9?,12-/m1/s1. The third-order valence-corrected chi connectivity index (χ3v) is 3.72. The molecule has 24 heavy (non-hydrogen) atoms. The Labute approximate surface area is 141 Å². The zero-order chi connectivity index (χ0) is 17.3. The number of imidazole rings is 1. The van der Waals surface area contributed by atoms with Crippen molar-refractivity contribution in [3.63, 3.8) is 0 Å². The molecular weight excluding hydrogens is 342 g/mol. The van der Waals surface area contributed by atoms with E-state index in [0.717, 1.165) is 0 Å². The molecule has 1 aliphatic heterocycles. The molecule has 10 nitrogen and oxygen atoms in total. The number of fused-ring (bicyclic) bond motifs is 1. The molecule has 4 N–H and O–H groups in total. The van der Waals surface area contributed by atoms with Gasteiger partial charge in [-0.05, 0) is 11.6 Å². The molecule has 2 aromatic heterocycles. The Morgan fingerprint density at radius 3 is 2.88 bits per heavy atom. The minimum atomic E-state index is -1.26. The number of rotatable bonds is 6. The van der Waals surface area contributed by atoms with Gasteiger partial charge in [-0.2, -0.15) is 9.97 Å². The molecule has 1 aliphatic rings. The smallest absolute Gasteiger partial charge is 0.226 e. The summed E-state index contributed by atoms with van der Waals surface area (Å²) in [6.45, 7) is 3.33. The van der Waals surface area contributed by atoms with Crippen LogP contribution in [0.4, 0.5) is 5.82 Å². The molecule has 0 aromatic carbocycles. The highest BCUT2D eigenvalue weighted by molar-refractivity contribution is 6.28. The maximum Gasteiger partial charge on any atom is 0.226 e. The lowest BCUT2D eigenvalue weighted by atomic mass is 10.1. The first kappa shape index (κ1) is 17.0. The van der Waals surface area contributed by atoms with Gasteiger partial charge < -0.3 is 20.1 Å². The number of nitrogens with zero attached hydrogens (tertiary/aromatic N) is 4. The number of aliphatic hydroxyl groups is 3. The van der Waals surface area contributed by atoms with E-state index in [1.165, 1.54) is 10.9 Å². The van der Waals surface area contributed by atoms with E-state index in [0.29, 0.717) is 5.52 Å². The van der Waals surface area contributed by atoms with Crippen LogP contribution in [0, 0.1) is 0 Å². The Kier molecular flexibility index (Phi) is 4.94. The minimum absolute atomic E-state index is 0.0688. The lowest BCUT2D eigenvalue weighted by Gasteiger charge is -2.16. The van der Waals surface area contributed by atoms with Crippen LogP contribution < -0.4 is 5.48 Å². The van der Waals surface area contributed by atoms with E-state index < -0.39 is 31.1 Å². The summed E-state index contributed by atoms with van der Waals surface area (Å²) >= 11 is 5.92. The van der Waals surface area contributed by atoms with Crippen molar-refractivity contribution < 1.29 is 24.9 Å². The van der Waals surface area contributed by atoms with E-state index >= 15 is 0 Å².